The van der Waals surface area contributed by atoms with Crippen LogP contribution < -0.4 is 19.6 Å². The maximum Gasteiger partial charge on any atom is 0.277 e. The lowest BCUT2D eigenvalue weighted by molar-refractivity contribution is -0.123. The van der Waals surface area contributed by atoms with Gasteiger partial charge in [-0.1, -0.05) is 25.5 Å². The molecule has 0 radical (unpaired) electrons. The van der Waals surface area contributed by atoms with Gasteiger partial charge in [-0.05, 0) is 48.4 Å². The van der Waals surface area contributed by atoms with Crippen molar-refractivity contribution in [2.75, 3.05) is 20.3 Å². The quantitative estimate of drug-likeness (QED) is 0.402. The third-order valence-electron chi connectivity index (χ3n) is 3.46. The van der Waals surface area contributed by atoms with Gasteiger partial charge in [0, 0.05) is 0 Å². The fourth-order valence-corrected chi connectivity index (χ4v) is 2.05. The van der Waals surface area contributed by atoms with Gasteiger partial charge in [-0.2, -0.15) is 5.10 Å². The van der Waals surface area contributed by atoms with Crippen molar-refractivity contribution in [1.82, 2.24) is 5.43 Å². The van der Waals surface area contributed by atoms with E-state index in [4.69, 9.17) is 14.2 Å². The number of hydrazone groups is 1. The van der Waals surface area contributed by atoms with Crippen LogP contribution in [0.25, 0.3) is 0 Å². The molecule has 6 heteroatoms. The highest BCUT2D eigenvalue weighted by Crippen LogP contribution is 2.17. The van der Waals surface area contributed by atoms with E-state index in [0.717, 1.165) is 29.9 Å². The van der Waals surface area contributed by atoms with Crippen molar-refractivity contribution >= 4 is 12.1 Å². The summed E-state index contributed by atoms with van der Waals surface area (Å²) < 4.78 is 16.1. The number of amides is 1. The molecule has 2 aromatic rings. The molecule has 0 bridgehead atoms. The van der Waals surface area contributed by atoms with E-state index in [1.807, 2.05) is 36.4 Å². The molecule has 0 atom stereocenters. The van der Waals surface area contributed by atoms with E-state index in [2.05, 4.69) is 17.5 Å². The Bertz CT molecular complexity index is 714. The Labute approximate surface area is 153 Å². The minimum absolute atomic E-state index is 0.120. The van der Waals surface area contributed by atoms with E-state index in [1.165, 1.54) is 0 Å². The van der Waals surface area contributed by atoms with Crippen LogP contribution in [0.2, 0.25) is 0 Å². The molecule has 0 fully saturated rings. The molecule has 1 amide bonds. The molecule has 26 heavy (non-hydrogen) atoms. The Kier molecular flexibility index (Phi) is 7.99. The first kappa shape index (κ1) is 19.3. The van der Waals surface area contributed by atoms with Crippen LogP contribution in [0.1, 0.15) is 25.3 Å². The lowest BCUT2D eigenvalue weighted by atomic mass is 10.2. The molecule has 0 aromatic heterocycles. The molecule has 0 aliphatic rings. The molecule has 0 unspecified atom stereocenters. The second-order valence-electron chi connectivity index (χ2n) is 5.53. The standard InChI is InChI=1S/C20H24N2O4/c1-3-4-12-25-17-8-10-18(11-9-17)26-15-20(23)22-21-14-16-6-5-7-19(13-16)24-2/h5-11,13-14H,3-4,12,15H2,1-2H3,(H,22,23)/b21-14+. The smallest absolute Gasteiger partial charge is 0.277 e. The Balaban J connectivity index is 1.73. The summed E-state index contributed by atoms with van der Waals surface area (Å²) in [6, 6.07) is 14.6. The maximum atomic E-state index is 11.8. The number of nitrogens with zero attached hydrogens (tertiary/aromatic N) is 1. The zero-order chi connectivity index (χ0) is 18.6. The summed E-state index contributed by atoms with van der Waals surface area (Å²) in [5.74, 6) is 1.77. The third kappa shape index (κ3) is 6.84. The Morgan fingerprint density at radius 3 is 2.50 bits per heavy atom. The highest BCUT2D eigenvalue weighted by Gasteiger charge is 2.02. The van der Waals surface area contributed by atoms with Crippen molar-refractivity contribution in [3.05, 3.63) is 54.1 Å². The number of carbonyl (C=O) groups is 1. The van der Waals surface area contributed by atoms with E-state index >= 15 is 0 Å². The molecular formula is C20H24N2O4. The van der Waals surface area contributed by atoms with Crippen LogP contribution in [-0.4, -0.2) is 32.4 Å². The first-order chi connectivity index (χ1) is 12.7. The van der Waals surface area contributed by atoms with E-state index in [9.17, 15) is 4.79 Å². The summed E-state index contributed by atoms with van der Waals surface area (Å²) in [7, 11) is 1.60. The van der Waals surface area contributed by atoms with Gasteiger partial charge in [-0.25, -0.2) is 5.43 Å². The van der Waals surface area contributed by atoms with Crippen molar-refractivity contribution in [1.29, 1.82) is 0 Å². The topological polar surface area (TPSA) is 69.2 Å². The summed E-state index contributed by atoms with van der Waals surface area (Å²) in [6.45, 7) is 2.70. The van der Waals surface area contributed by atoms with Gasteiger partial charge in [0.1, 0.15) is 17.2 Å². The van der Waals surface area contributed by atoms with Crippen molar-refractivity contribution in [3.63, 3.8) is 0 Å². The molecule has 0 aliphatic heterocycles. The summed E-state index contributed by atoms with van der Waals surface area (Å²) in [6.07, 6.45) is 3.66. The SMILES string of the molecule is CCCCOc1ccc(OCC(=O)N/N=C/c2cccc(OC)c2)cc1. The molecule has 1 N–H and O–H groups in total. The number of nitrogens with one attached hydrogen (secondary N) is 1. The van der Waals surface area contributed by atoms with Gasteiger partial charge in [-0.15, -0.1) is 0 Å². The molecule has 6 nitrogen and oxygen atoms in total. The third-order valence-corrected chi connectivity index (χ3v) is 3.46. The number of benzene rings is 2. The van der Waals surface area contributed by atoms with Gasteiger partial charge in [0.15, 0.2) is 6.61 Å². The summed E-state index contributed by atoms with van der Waals surface area (Å²) in [5, 5.41) is 3.91. The number of hydrogen-bond donors (Lipinski definition) is 1. The molecule has 0 spiro atoms. The van der Waals surface area contributed by atoms with E-state index in [1.54, 1.807) is 25.5 Å². The van der Waals surface area contributed by atoms with Crippen molar-refractivity contribution in [2.24, 2.45) is 5.10 Å². The highest BCUT2D eigenvalue weighted by molar-refractivity contribution is 5.83. The Hall–Kier alpha value is -3.02. The first-order valence-corrected chi connectivity index (χ1v) is 8.53. The van der Waals surface area contributed by atoms with Crippen LogP contribution in [0, 0.1) is 0 Å². The number of methoxy groups -OCH3 is 1. The average Bonchev–Trinajstić information content (AvgIpc) is 2.68. The molecule has 2 aromatic carbocycles. The first-order valence-electron chi connectivity index (χ1n) is 8.53. The van der Waals surface area contributed by atoms with Crippen molar-refractivity contribution < 1.29 is 19.0 Å². The van der Waals surface area contributed by atoms with Gasteiger partial charge in [0.2, 0.25) is 0 Å². The van der Waals surface area contributed by atoms with Gasteiger partial charge in [0.25, 0.3) is 5.91 Å². The largest absolute Gasteiger partial charge is 0.497 e. The van der Waals surface area contributed by atoms with Crippen LogP contribution in [0.4, 0.5) is 0 Å². The second-order valence-corrected chi connectivity index (χ2v) is 5.53. The molecular weight excluding hydrogens is 332 g/mol. The van der Waals surface area contributed by atoms with Crippen LogP contribution in [-0.2, 0) is 4.79 Å². The predicted octanol–water partition coefficient (Wildman–Crippen LogP) is 3.40. The number of hydrogen-bond acceptors (Lipinski definition) is 5. The number of rotatable bonds is 10. The summed E-state index contributed by atoms with van der Waals surface area (Å²) in [4.78, 5) is 11.8. The van der Waals surface area contributed by atoms with Crippen LogP contribution in [0.5, 0.6) is 17.2 Å². The molecule has 138 valence electrons. The zero-order valence-electron chi connectivity index (χ0n) is 15.1. The summed E-state index contributed by atoms with van der Waals surface area (Å²) in [5.41, 5.74) is 3.25. The fourth-order valence-electron chi connectivity index (χ4n) is 2.05. The Morgan fingerprint density at radius 2 is 1.81 bits per heavy atom. The molecule has 0 saturated heterocycles. The minimum atomic E-state index is -0.340. The van der Waals surface area contributed by atoms with E-state index in [0.29, 0.717) is 12.4 Å². The van der Waals surface area contributed by atoms with Gasteiger partial charge < -0.3 is 14.2 Å². The number of unbranched alkanes of at least 4 members (excludes halogenated alkanes) is 1. The highest BCUT2D eigenvalue weighted by atomic mass is 16.5. The van der Waals surface area contributed by atoms with E-state index < -0.39 is 0 Å². The van der Waals surface area contributed by atoms with Crippen molar-refractivity contribution in [2.45, 2.75) is 19.8 Å². The fraction of sp³-hybridized carbons (Fsp3) is 0.300. The predicted molar refractivity (Wildman–Crippen MR) is 101 cm³/mol. The monoisotopic (exact) mass is 356 g/mol. The maximum absolute atomic E-state index is 11.8. The van der Waals surface area contributed by atoms with Crippen LogP contribution >= 0.6 is 0 Å². The van der Waals surface area contributed by atoms with Crippen molar-refractivity contribution in [3.8, 4) is 17.2 Å². The Morgan fingerprint density at radius 1 is 1.08 bits per heavy atom. The molecule has 0 aliphatic carbocycles. The number of ether oxygens (including phenoxy) is 3. The van der Waals surface area contributed by atoms with Gasteiger partial charge >= 0.3 is 0 Å². The van der Waals surface area contributed by atoms with Crippen LogP contribution in [0.15, 0.2) is 53.6 Å². The average molecular weight is 356 g/mol. The lowest BCUT2D eigenvalue weighted by Gasteiger charge is -2.07. The van der Waals surface area contributed by atoms with Gasteiger partial charge in [-0.3, -0.25) is 4.79 Å². The molecule has 0 saturated carbocycles. The van der Waals surface area contributed by atoms with Crippen LogP contribution in [0.3, 0.4) is 0 Å². The normalized spacial score (nSPS) is 10.5. The molecule has 0 heterocycles. The lowest BCUT2D eigenvalue weighted by Crippen LogP contribution is -2.24. The second kappa shape index (κ2) is 10.8. The minimum Gasteiger partial charge on any atom is -0.497 e. The summed E-state index contributed by atoms with van der Waals surface area (Å²) >= 11 is 0. The zero-order valence-corrected chi connectivity index (χ0v) is 15.1. The molecule has 2 rings (SSSR count). The van der Waals surface area contributed by atoms with E-state index in [-0.39, 0.29) is 12.5 Å². The van der Waals surface area contributed by atoms with Gasteiger partial charge in [0.05, 0.1) is 19.9 Å². The number of carbonyl (C=O) groups excluding carboxylic acids is 1.